The number of aromatic nitrogens is 4. The number of nitrogens with zero attached hydrogens (tertiary/aromatic N) is 4. The Bertz CT molecular complexity index is 2480. The molecule has 0 bridgehead atoms. The zero-order valence-electron chi connectivity index (χ0n) is 24.1. The molecule has 210 valence electrons. The van der Waals surface area contributed by atoms with Crippen molar-refractivity contribution >= 4 is 53.3 Å². The maximum absolute atomic E-state index is 5.24. The van der Waals surface area contributed by atoms with Gasteiger partial charge in [-0.25, -0.2) is 15.0 Å². The SMILES string of the molecule is c1ccc(-c2cc(-c3cccc4sc5cccc(-c6ccc7ccc8cccnc8c7n6)c5c34)nc(-c3ccccc3)n2)cc1. The average Bonchev–Trinajstić information content (AvgIpc) is 3.51. The molecule has 0 saturated heterocycles. The summed E-state index contributed by atoms with van der Waals surface area (Å²) in [6.07, 6.45) is 1.84. The molecule has 0 unspecified atom stereocenters. The first-order valence-corrected chi connectivity index (χ1v) is 15.7. The molecule has 4 heterocycles. The Kier molecular flexibility index (Phi) is 5.96. The van der Waals surface area contributed by atoms with E-state index in [1.54, 1.807) is 11.3 Å². The molecule has 45 heavy (non-hydrogen) atoms. The standard InChI is InChI=1S/C40H24N4S/c1-3-10-25(11-4-1)32-24-33(44-40(43-32)28-12-5-2-6-13-28)30-16-8-18-35-37(30)36-29(15-7-17-34(36)45-35)31-22-21-27-20-19-26-14-9-23-41-38(26)39(27)42-31/h1-24H. The predicted octanol–water partition coefficient (Wildman–Crippen LogP) is 10.6. The number of rotatable bonds is 4. The molecule has 9 aromatic rings. The molecule has 9 rings (SSSR count). The monoisotopic (exact) mass is 592 g/mol. The molecular formula is C40H24N4S. The Labute approximate surface area is 263 Å². The van der Waals surface area contributed by atoms with Gasteiger partial charge in [0.1, 0.15) is 0 Å². The predicted molar refractivity (Wildman–Crippen MR) is 187 cm³/mol. The third kappa shape index (κ3) is 4.36. The lowest BCUT2D eigenvalue weighted by molar-refractivity contribution is 1.19. The smallest absolute Gasteiger partial charge is 0.160 e. The highest BCUT2D eigenvalue weighted by Crippen LogP contribution is 2.44. The highest BCUT2D eigenvalue weighted by Gasteiger charge is 2.19. The van der Waals surface area contributed by atoms with E-state index in [-0.39, 0.29) is 0 Å². The van der Waals surface area contributed by atoms with Gasteiger partial charge in [0.05, 0.1) is 28.1 Å². The topological polar surface area (TPSA) is 51.6 Å². The molecule has 0 N–H and O–H groups in total. The van der Waals surface area contributed by atoms with Gasteiger partial charge in [0.15, 0.2) is 5.82 Å². The lowest BCUT2D eigenvalue weighted by Gasteiger charge is -2.12. The normalized spacial score (nSPS) is 11.6. The fourth-order valence-corrected chi connectivity index (χ4v) is 7.38. The molecule has 5 aromatic carbocycles. The molecule has 0 amide bonds. The zero-order valence-corrected chi connectivity index (χ0v) is 24.9. The minimum absolute atomic E-state index is 0.708. The van der Waals surface area contributed by atoms with E-state index < -0.39 is 0 Å². The average molecular weight is 593 g/mol. The van der Waals surface area contributed by atoms with Crippen LogP contribution in [0, 0.1) is 0 Å². The van der Waals surface area contributed by atoms with Crippen LogP contribution < -0.4 is 0 Å². The van der Waals surface area contributed by atoms with Crippen LogP contribution in [0.15, 0.2) is 146 Å². The van der Waals surface area contributed by atoms with E-state index in [4.69, 9.17) is 19.9 Å². The number of thiophene rings is 1. The van der Waals surface area contributed by atoms with Crippen molar-refractivity contribution in [3.63, 3.8) is 0 Å². The van der Waals surface area contributed by atoms with Crippen molar-refractivity contribution in [3.8, 4) is 45.2 Å². The summed E-state index contributed by atoms with van der Waals surface area (Å²) >= 11 is 1.80. The summed E-state index contributed by atoms with van der Waals surface area (Å²) in [4.78, 5) is 20.1. The van der Waals surface area contributed by atoms with Gasteiger partial charge in [-0.15, -0.1) is 11.3 Å². The van der Waals surface area contributed by atoms with Crippen molar-refractivity contribution in [2.24, 2.45) is 0 Å². The highest BCUT2D eigenvalue weighted by atomic mass is 32.1. The van der Waals surface area contributed by atoms with Crippen LogP contribution >= 0.6 is 11.3 Å². The van der Waals surface area contributed by atoms with E-state index in [1.807, 2.05) is 48.7 Å². The molecule has 0 fully saturated rings. The lowest BCUT2D eigenvalue weighted by atomic mass is 9.97. The van der Waals surface area contributed by atoms with Crippen LogP contribution in [0.1, 0.15) is 0 Å². The summed E-state index contributed by atoms with van der Waals surface area (Å²) in [5.74, 6) is 0.708. The van der Waals surface area contributed by atoms with Crippen LogP contribution in [-0.4, -0.2) is 19.9 Å². The molecular weight excluding hydrogens is 569 g/mol. The summed E-state index contributed by atoms with van der Waals surface area (Å²) in [6.45, 7) is 0. The molecule has 0 aliphatic carbocycles. The number of fused-ring (bicyclic) bond motifs is 6. The van der Waals surface area contributed by atoms with Gasteiger partial charge in [0, 0.05) is 59.4 Å². The van der Waals surface area contributed by atoms with Crippen molar-refractivity contribution in [2.45, 2.75) is 0 Å². The van der Waals surface area contributed by atoms with Crippen LogP contribution in [0.2, 0.25) is 0 Å². The van der Waals surface area contributed by atoms with Gasteiger partial charge in [0.25, 0.3) is 0 Å². The van der Waals surface area contributed by atoms with E-state index in [9.17, 15) is 0 Å². The molecule has 0 saturated carbocycles. The van der Waals surface area contributed by atoms with Crippen LogP contribution in [0.4, 0.5) is 0 Å². The first kappa shape index (κ1) is 25.7. The van der Waals surface area contributed by atoms with E-state index >= 15 is 0 Å². The fraction of sp³-hybridized carbons (Fsp3) is 0. The third-order valence-corrected chi connectivity index (χ3v) is 9.45. The van der Waals surface area contributed by atoms with Gasteiger partial charge < -0.3 is 0 Å². The van der Waals surface area contributed by atoms with Gasteiger partial charge >= 0.3 is 0 Å². The summed E-state index contributed by atoms with van der Waals surface area (Å²) in [5, 5.41) is 4.54. The van der Waals surface area contributed by atoms with Crippen molar-refractivity contribution in [1.29, 1.82) is 0 Å². The summed E-state index contributed by atoms with van der Waals surface area (Å²) < 4.78 is 2.43. The Balaban J connectivity index is 1.32. The maximum atomic E-state index is 5.24. The van der Waals surface area contributed by atoms with E-state index in [2.05, 4.69) is 97.1 Å². The van der Waals surface area contributed by atoms with Crippen molar-refractivity contribution in [3.05, 3.63) is 146 Å². The summed E-state index contributed by atoms with van der Waals surface area (Å²) in [7, 11) is 0. The summed E-state index contributed by atoms with van der Waals surface area (Å²) in [6, 6.07) is 48.3. The summed E-state index contributed by atoms with van der Waals surface area (Å²) in [5.41, 5.74) is 8.77. The van der Waals surface area contributed by atoms with E-state index in [0.29, 0.717) is 5.82 Å². The van der Waals surface area contributed by atoms with Crippen molar-refractivity contribution < 1.29 is 0 Å². The lowest BCUT2D eigenvalue weighted by Crippen LogP contribution is -1.96. The molecule has 0 aliphatic heterocycles. The van der Waals surface area contributed by atoms with Crippen LogP contribution in [0.5, 0.6) is 0 Å². The quantitative estimate of drug-likeness (QED) is 0.191. The molecule has 0 atom stereocenters. The minimum Gasteiger partial charge on any atom is -0.254 e. The van der Waals surface area contributed by atoms with E-state index in [0.717, 1.165) is 61.1 Å². The molecule has 0 aliphatic rings. The number of benzene rings is 5. The zero-order chi connectivity index (χ0) is 29.7. The van der Waals surface area contributed by atoms with Crippen LogP contribution in [0.3, 0.4) is 0 Å². The highest BCUT2D eigenvalue weighted by molar-refractivity contribution is 7.26. The van der Waals surface area contributed by atoms with Gasteiger partial charge in [-0.05, 0) is 30.3 Å². The Morgan fingerprint density at radius 1 is 0.422 bits per heavy atom. The van der Waals surface area contributed by atoms with Crippen molar-refractivity contribution in [1.82, 2.24) is 19.9 Å². The maximum Gasteiger partial charge on any atom is 0.160 e. The minimum atomic E-state index is 0.708. The van der Waals surface area contributed by atoms with E-state index in [1.165, 1.54) is 20.2 Å². The first-order valence-electron chi connectivity index (χ1n) is 14.9. The fourth-order valence-electron chi connectivity index (χ4n) is 6.23. The molecule has 0 spiro atoms. The van der Waals surface area contributed by atoms with Crippen LogP contribution in [-0.2, 0) is 0 Å². The largest absolute Gasteiger partial charge is 0.254 e. The van der Waals surface area contributed by atoms with Crippen molar-refractivity contribution in [2.75, 3.05) is 0 Å². The second-order valence-corrected chi connectivity index (χ2v) is 12.1. The van der Waals surface area contributed by atoms with Gasteiger partial charge in [-0.1, -0.05) is 109 Å². The molecule has 4 aromatic heterocycles. The van der Waals surface area contributed by atoms with Gasteiger partial charge in [-0.3, -0.25) is 4.98 Å². The Morgan fingerprint density at radius 2 is 1.04 bits per heavy atom. The molecule has 5 heteroatoms. The molecule has 4 nitrogen and oxygen atoms in total. The van der Waals surface area contributed by atoms with Crippen LogP contribution in [0.25, 0.3) is 87.1 Å². The second kappa shape index (κ2) is 10.4. The van der Waals surface area contributed by atoms with Gasteiger partial charge in [-0.2, -0.15) is 0 Å². The third-order valence-electron chi connectivity index (χ3n) is 8.33. The first-order chi connectivity index (χ1) is 22.3. The molecule has 0 radical (unpaired) electrons. The Hall–Kier alpha value is -5.78. The number of hydrogen-bond donors (Lipinski definition) is 0. The number of pyridine rings is 2. The second-order valence-electron chi connectivity index (χ2n) is 11.1. The van der Waals surface area contributed by atoms with Gasteiger partial charge in [0.2, 0.25) is 0 Å². The Morgan fingerprint density at radius 3 is 1.78 bits per heavy atom. The number of hydrogen-bond acceptors (Lipinski definition) is 5.